The van der Waals surface area contributed by atoms with Crippen molar-refractivity contribution in [3.05, 3.63) is 0 Å². The molecule has 0 spiro atoms. The van der Waals surface area contributed by atoms with Gasteiger partial charge >= 0.3 is 5.97 Å². The van der Waals surface area contributed by atoms with Crippen molar-refractivity contribution in [3.8, 4) is 0 Å². The van der Waals surface area contributed by atoms with E-state index >= 15 is 0 Å². The van der Waals surface area contributed by atoms with Crippen LogP contribution in [0.25, 0.3) is 0 Å². The number of carboxylic acids is 1. The van der Waals surface area contributed by atoms with Crippen molar-refractivity contribution < 1.29 is 11.3 Å². The summed E-state index contributed by atoms with van der Waals surface area (Å²) in [6.07, 6.45) is 5.72. The normalized spacial score (nSPS) is 52.9. The Morgan fingerprint density at radius 3 is 2.47 bits per heavy atom. The predicted molar refractivity (Wildman–Crippen MR) is 56.5 cm³/mol. The number of aliphatic carboxylic acids is 1. The highest BCUT2D eigenvalue weighted by Crippen LogP contribution is 2.53. The van der Waals surface area contributed by atoms with E-state index < -0.39 is 5.97 Å². The topological polar surface area (TPSA) is 49.3 Å². The average molecular weight is 210 g/mol. The molecule has 0 heterocycles. The Balaban J connectivity index is 1.75. The summed E-state index contributed by atoms with van der Waals surface area (Å²) in [7, 11) is 0. The Kier molecular flexibility index (Phi) is 1.99. The quantitative estimate of drug-likeness (QED) is 0.742. The number of carboxylic acid groups (broad SMARTS) is 1. The van der Waals surface area contributed by atoms with Gasteiger partial charge in [-0.1, -0.05) is 0 Å². The highest BCUT2D eigenvalue weighted by Gasteiger charge is 2.47. The molecule has 0 radical (unpaired) electrons. The van der Waals surface area contributed by atoms with Gasteiger partial charge in [-0.25, -0.2) is 0 Å². The summed E-state index contributed by atoms with van der Waals surface area (Å²) in [5, 5.41) is 11.8. The Hall–Kier alpha value is -0.570. The Labute approximate surface area is 91.6 Å². The molecule has 0 amide bonds. The van der Waals surface area contributed by atoms with Crippen LogP contribution in [0.1, 0.15) is 33.5 Å². The smallest absolute Gasteiger partial charge is 0.317 e. The van der Waals surface area contributed by atoms with E-state index in [9.17, 15) is 4.79 Å². The summed E-state index contributed by atoms with van der Waals surface area (Å²) < 4.78 is 8.56. The average Bonchev–Trinajstić information content (AvgIpc) is 2.13. The third kappa shape index (κ3) is 1.67. The molecule has 0 aromatic carbocycles. The number of carbonyl (C=O) groups is 1. The van der Waals surface area contributed by atoms with Gasteiger partial charge in [-0.15, -0.1) is 0 Å². The van der Waals surface area contributed by atoms with Gasteiger partial charge in [0, 0.05) is 7.41 Å². The number of hydrogen-bond donors (Lipinski definition) is 2. The maximum atomic E-state index is 10.6. The molecular weight excluding hydrogens is 190 g/mol. The van der Waals surface area contributed by atoms with E-state index in [4.69, 9.17) is 6.48 Å². The molecule has 15 heavy (non-hydrogen) atoms. The van der Waals surface area contributed by atoms with E-state index in [0.717, 1.165) is 24.7 Å². The van der Waals surface area contributed by atoms with Crippen LogP contribution in [-0.2, 0) is 4.79 Å². The van der Waals surface area contributed by atoms with Gasteiger partial charge in [0.1, 0.15) is 0 Å². The van der Waals surface area contributed by atoms with Crippen LogP contribution < -0.4 is 5.32 Å². The zero-order valence-corrected chi connectivity index (χ0v) is 8.91. The summed E-state index contributed by atoms with van der Waals surface area (Å²) in [6, 6.07) is 0.122. The fourth-order valence-corrected chi connectivity index (χ4v) is 4.14. The number of rotatable bonds is 3. The summed E-state index contributed by atoms with van der Waals surface area (Å²) in [5.74, 6) is 0.876. The van der Waals surface area contributed by atoms with Crippen LogP contribution in [0.2, 0.25) is 0 Å². The van der Waals surface area contributed by atoms with Crippen molar-refractivity contribution in [3.63, 3.8) is 0 Å². The van der Waals surface area contributed by atoms with E-state index in [0.29, 0.717) is 5.92 Å². The highest BCUT2D eigenvalue weighted by molar-refractivity contribution is 5.69. The summed E-state index contributed by atoms with van der Waals surface area (Å²) >= 11 is 0. The molecule has 4 aliphatic carbocycles. The van der Waals surface area contributed by atoms with Crippen LogP contribution in [0.15, 0.2) is 0 Å². The van der Waals surface area contributed by atoms with E-state index in [2.05, 4.69) is 5.32 Å². The first kappa shape index (κ1) is 8.57. The molecule has 3 unspecified atom stereocenters. The first-order chi connectivity index (χ1) is 7.57. The van der Waals surface area contributed by atoms with Crippen molar-refractivity contribution >= 4 is 5.97 Å². The molecule has 0 saturated heterocycles. The lowest BCUT2D eigenvalue weighted by molar-refractivity contribution is -0.136. The minimum Gasteiger partial charge on any atom is -0.480 e. The van der Waals surface area contributed by atoms with Gasteiger partial charge in [-0.2, -0.15) is 0 Å². The third-order valence-corrected chi connectivity index (χ3v) is 4.42. The lowest BCUT2D eigenvalue weighted by Gasteiger charge is -2.54. The minimum atomic E-state index is -0.808. The number of nitrogens with one attached hydrogen (secondary N) is 1. The zero-order chi connectivity index (χ0) is 11.3. The van der Waals surface area contributed by atoms with Crippen LogP contribution in [0.5, 0.6) is 0 Å². The van der Waals surface area contributed by atoms with Gasteiger partial charge in [0.2, 0.25) is 0 Å². The van der Waals surface area contributed by atoms with Crippen molar-refractivity contribution in [2.45, 2.75) is 38.1 Å². The molecule has 3 heteroatoms. The minimum absolute atomic E-state index is 0.0110. The Morgan fingerprint density at radius 1 is 1.27 bits per heavy atom. The maximum Gasteiger partial charge on any atom is 0.317 e. The number of hydrogen-bond acceptors (Lipinski definition) is 2. The first-order valence-corrected chi connectivity index (χ1v) is 6.02. The second-order valence-corrected chi connectivity index (χ2v) is 5.52. The second kappa shape index (κ2) is 3.48. The Bertz CT molecular complexity index is 306. The molecule has 4 aliphatic rings. The highest BCUT2D eigenvalue weighted by atomic mass is 16.4. The summed E-state index contributed by atoms with van der Waals surface area (Å²) in [6.45, 7) is 0.0110. The molecule has 3 atom stereocenters. The van der Waals surface area contributed by atoms with Gasteiger partial charge in [0.15, 0.2) is 0 Å². The SMILES string of the molecule is [2H]C12CC3CC(CC(C3)C1NCC(=O)O)C2. The molecule has 4 rings (SSSR count). The van der Waals surface area contributed by atoms with E-state index in [1.165, 1.54) is 19.3 Å². The molecule has 4 fully saturated rings. The molecule has 0 aliphatic heterocycles. The van der Waals surface area contributed by atoms with Crippen LogP contribution in [0, 0.1) is 23.6 Å². The fourth-order valence-electron chi connectivity index (χ4n) is 4.14. The fraction of sp³-hybridized carbons (Fsp3) is 0.917. The van der Waals surface area contributed by atoms with Gasteiger partial charge in [0.25, 0.3) is 0 Å². The maximum absolute atomic E-state index is 10.6. The van der Waals surface area contributed by atoms with E-state index in [1.807, 2.05) is 0 Å². The van der Waals surface area contributed by atoms with Gasteiger partial charge < -0.3 is 10.4 Å². The molecular formula is C12H19NO2. The second-order valence-electron chi connectivity index (χ2n) is 5.52. The van der Waals surface area contributed by atoms with Crippen LogP contribution in [0.3, 0.4) is 0 Å². The van der Waals surface area contributed by atoms with E-state index in [1.54, 1.807) is 0 Å². The lowest BCUT2D eigenvalue weighted by Crippen LogP contribution is -2.55. The molecule has 4 bridgehead atoms. The van der Waals surface area contributed by atoms with Crippen molar-refractivity contribution in [1.29, 1.82) is 0 Å². The largest absolute Gasteiger partial charge is 0.480 e. The molecule has 4 saturated carbocycles. The first-order valence-electron chi connectivity index (χ1n) is 6.52. The van der Waals surface area contributed by atoms with Gasteiger partial charge in [0.05, 0.1) is 6.54 Å². The predicted octanol–water partition coefficient (Wildman–Crippen LogP) is 1.49. The molecule has 84 valence electrons. The van der Waals surface area contributed by atoms with Crippen LogP contribution in [-0.4, -0.2) is 23.7 Å². The molecule has 0 aromatic heterocycles. The van der Waals surface area contributed by atoms with E-state index in [-0.39, 0.29) is 18.5 Å². The Morgan fingerprint density at radius 2 is 1.93 bits per heavy atom. The third-order valence-electron chi connectivity index (χ3n) is 4.42. The summed E-state index contributed by atoms with van der Waals surface area (Å²) in [5.41, 5.74) is 0. The van der Waals surface area contributed by atoms with Crippen molar-refractivity contribution in [2.24, 2.45) is 23.6 Å². The molecule has 2 N–H and O–H groups in total. The molecule has 0 aromatic rings. The zero-order valence-electron chi connectivity index (χ0n) is 9.91. The monoisotopic (exact) mass is 210 g/mol. The van der Waals surface area contributed by atoms with Crippen LogP contribution in [0.4, 0.5) is 0 Å². The van der Waals surface area contributed by atoms with Gasteiger partial charge in [-0.05, 0) is 55.8 Å². The van der Waals surface area contributed by atoms with Gasteiger partial charge in [-0.3, -0.25) is 4.79 Å². The van der Waals surface area contributed by atoms with Crippen molar-refractivity contribution in [1.82, 2.24) is 5.32 Å². The molecule has 3 nitrogen and oxygen atoms in total. The summed E-state index contributed by atoms with van der Waals surface area (Å²) in [4.78, 5) is 10.6. The van der Waals surface area contributed by atoms with Crippen LogP contribution >= 0.6 is 0 Å². The lowest BCUT2D eigenvalue weighted by atomic mass is 9.54. The van der Waals surface area contributed by atoms with Crippen molar-refractivity contribution in [2.75, 3.05) is 6.54 Å². The standard InChI is InChI=1S/C12H19NO2/c14-11(15)6-13-12-9-2-7-1-8(4-9)5-10(12)3-7/h7-10,12-13H,1-6H2,(H,14,15)/i9D.